The van der Waals surface area contributed by atoms with E-state index in [-0.39, 0.29) is 6.10 Å². The molecule has 0 spiro atoms. The van der Waals surface area contributed by atoms with Crippen molar-refractivity contribution in [1.29, 1.82) is 0 Å². The standard InChI is InChI=1S/C16H24N2O/c19-16-8-4-7-15(16)18-11-9-17(10-12-18)13-14-5-2-1-3-6-14/h1-3,5-6,15-16,19H,4,7-13H2/t15-,16+/m1/s1. The number of aliphatic hydroxyl groups excluding tert-OH is 1. The largest absolute Gasteiger partial charge is 0.391 e. The second-order valence-electron chi connectivity index (χ2n) is 5.86. The van der Waals surface area contributed by atoms with E-state index in [0.717, 1.165) is 39.1 Å². The maximum absolute atomic E-state index is 9.99. The predicted octanol–water partition coefficient (Wildman–Crippen LogP) is 1.72. The smallest absolute Gasteiger partial charge is 0.0695 e. The Morgan fingerprint density at radius 2 is 1.74 bits per heavy atom. The third-order valence-corrected chi connectivity index (χ3v) is 4.57. The Labute approximate surface area is 115 Å². The number of benzene rings is 1. The molecule has 2 fully saturated rings. The maximum Gasteiger partial charge on any atom is 0.0695 e. The molecule has 0 unspecified atom stereocenters. The van der Waals surface area contributed by atoms with Crippen LogP contribution in [-0.2, 0) is 6.54 Å². The lowest BCUT2D eigenvalue weighted by molar-refractivity contribution is 0.0336. The van der Waals surface area contributed by atoms with Crippen LogP contribution in [0.2, 0.25) is 0 Å². The fourth-order valence-corrected chi connectivity index (χ4v) is 3.44. The van der Waals surface area contributed by atoms with Gasteiger partial charge < -0.3 is 5.11 Å². The van der Waals surface area contributed by atoms with Crippen LogP contribution < -0.4 is 0 Å². The quantitative estimate of drug-likeness (QED) is 0.896. The second kappa shape index (κ2) is 6.04. The number of hydrogen-bond donors (Lipinski definition) is 1. The average molecular weight is 260 g/mol. The summed E-state index contributed by atoms with van der Waals surface area (Å²) in [4.78, 5) is 5.02. The van der Waals surface area contributed by atoms with E-state index in [1.165, 1.54) is 18.4 Å². The number of rotatable bonds is 3. The summed E-state index contributed by atoms with van der Waals surface area (Å²) in [6.07, 6.45) is 3.28. The van der Waals surface area contributed by atoms with Gasteiger partial charge in [-0.15, -0.1) is 0 Å². The highest BCUT2D eigenvalue weighted by Crippen LogP contribution is 2.25. The van der Waals surface area contributed by atoms with Gasteiger partial charge in [0.05, 0.1) is 6.10 Å². The molecular formula is C16H24N2O. The van der Waals surface area contributed by atoms with E-state index in [9.17, 15) is 5.11 Å². The highest BCUT2D eigenvalue weighted by atomic mass is 16.3. The molecule has 1 saturated carbocycles. The Morgan fingerprint density at radius 3 is 2.37 bits per heavy atom. The molecule has 2 aliphatic rings. The van der Waals surface area contributed by atoms with Crippen LogP contribution in [0.1, 0.15) is 24.8 Å². The topological polar surface area (TPSA) is 26.7 Å². The van der Waals surface area contributed by atoms with Gasteiger partial charge in [0.1, 0.15) is 0 Å². The fourth-order valence-electron chi connectivity index (χ4n) is 3.44. The van der Waals surface area contributed by atoms with Crippen molar-refractivity contribution < 1.29 is 5.11 Å². The summed E-state index contributed by atoms with van der Waals surface area (Å²) in [5, 5.41) is 9.99. The summed E-state index contributed by atoms with van der Waals surface area (Å²) >= 11 is 0. The van der Waals surface area contributed by atoms with Crippen molar-refractivity contribution in [2.75, 3.05) is 26.2 Å². The number of aliphatic hydroxyl groups is 1. The first-order valence-electron chi connectivity index (χ1n) is 7.51. The minimum absolute atomic E-state index is 0.0827. The SMILES string of the molecule is O[C@H]1CCC[C@H]1N1CCN(Cc2ccccc2)CC1. The second-order valence-corrected chi connectivity index (χ2v) is 5.86. The van der Waals surface area contributed by atoms with Crippen molar-refractivity contribution in [2.45, 2.75) is 38.0 Å². The third-order valence-electron chi connectivity index (χ3n) is 4.57. The molecule has 1 aromatic carbocycles. The van der Waals surface area contributed by atoms with E-state index in [1.54, 1.807) is 0 Å². The predicted molar refractivity (Wildman–Crippen MR) is 76.9 cm³/mol. The van der Waals surface area contributed by atoms with Crippen LogP contribution in [0.4, 0.5) is 0 Å². The van der Waals surface area contributed by atoms with Gasteiger partial charge >= 0.3 is 0 Å². The summed E-state index contributed by atoms with van der Waals surface area (Å²) < 4.78 is 0. The molecule has 1 aliphatic carbocycles. The molecule has 3 nitrogen and oxygen atoms in total. The van der Waals surface area contributed by atoms with Gasteiger partial charge in [-0.1, -0.05) is 30.3 Å². The van der Waals surface area contributed by atoms with Crippen molar-refractivity contribution in [3.05, 3.63) is 35.9 Å². The van der Waals surface area contributed by atoms with Gasteiger partial charge in [-0.3, -0.25) is 9.80 Å². The van der Waals surface area contributed by atoms with Crippen molar-refractivity contribution in [3.8, 4) is 0 Å². The van der Waals surface area contributed by atoms with Crippen LogP contribution in [-0.4, -0.2) is 53.2 Å². The zero-order valence-electron chi connectivity index (χ0n) is 11.5. The summed E-state index contributed by atoms with van der Waals surface area (Å²) in [6.45, 7) is 5.52. The molecule has 0 aromatic heterocycles. The van der Waals surface area contributed by atoms with Crippen LogP contribution >= 0.6 is 0 Å². The number of hydrogen-bond acceptors (Lipinski definition) is 3. The van der Waals surface area contributed by atoms with Gasteiger partial charge in [0, 0.05) is 38.8 Å². The molecule has 1 aromatic rings. The first kappa shape index (κ1) is 13.1. The molecule has 3 rings (SSSR count). The third kappa shape index (κ3) is 3.16. The van der Waals surface area contributed by atoms with Crippen LogP contribution in [0.3, 0.4) is 0 Å². The molecular weight excluding hydrogens is 236 g/mol. The Balaban J connectivity index is 1.49. The average Bonchev–Trinajstić information content (AvgIpc) is 2.87. The van der Waals surface area contributed by atoms with Crippen LogP contribution in [0.5, 0.6) is 0 Å². The van der Waals surface area contributed by atoms with Crippen LogP contribution in [0.15, 0.2) is 30.3 Å². The summed E-state index contributed by atoms with van der Waals surface area (Å²) in [6, 6.07) is 11.1. The molecule has 0 amide bonds. The Bertz CT molecular complexity index is 387. The molecule has 1 aliphatic heterocycles. The summed E-state index contributed by atoms with van der Waals surface area (Å²) in [5.41, 5.74) is 1.40. The van der Waals surface area contributed by atoms with Gasteiger partial charge in [0.2, 0.25) is 0 Å². The van der Waals surface area contributed by atoms with Crippen molar-refractivity contribution >= 4 is 0 Å². The van der Waals surface area contributed by atoms with Gasteiger partial charge in [-0.2, -0.15) is 0 Å². The lowest BCUT2D eigenvalue weighted by Crippen LogP contribution is -2.51. The van der Waals surface area contributed by atoms with Gasteiger partial charge in [0.15, 0.2) is 0 Å². The fraction of sp³-hybridized carbons (Fsp3) is 0.625. The summed E-state index contributed by atoms with van der Waals surface area (Å²) in [7, 11) is 0. The highest BCUT2D eigenvalue weighted by Gasteiger charge is 2.32. The molecule has 3 heteroatoms. The monoisotopic (exact) mass is 260 g/mol. The van der Waals surface area contributed by atoms with Crippen molar-refractivity contribution in [3.63, 3.8) is 0 Å². The zero-order valence-corrected chi connectivity index (χ0v) is 11.5. The minimum atomic E-state index is -0.0827. The molecule has 0 bridgehead atoms. The first-order chi connectivity index (χ1) is 9.33. The molecule has 19 heavy (non-hydrogen) atoms. The van der Waals surface area contributed by atoms with Crippen LogP contribution in [0, 0.1) is 0 Å². The van der Waals surface area contributed by atoms with Gasteiger partial charge in [-0.25, -0.2) is 0 Å². The Hall–Kier alpha value is -0.900. The number of piperazine rings is 1. The molecule has 104 valence electrons. The van der Waals surface area contributed by atoms with Gasteiger partial charge in [0.25, 0.3) is 0 Å². The van der Waals surface area contributed by atoms with E-state index in [2.05, 4.69) is 40.1 Å². The lowest BCUT2D eigenvalue weighted by Gasteiger charge is -2.39. The Morgan fingerprint density at radius 1 is 1.00 bits per heavy atom. The molecule has 0 radical (unpaired) electrons. The van der Waals surface area contributed by atoms with Gasteiger partial charge in [-0.05, 0) is 24.8 Å². The van der Waals surface area contributed by atoms with Crippen molar-refractivity contribution in [1.82, 2.24) is 9.80 Å². The highest BCUT2D eigenvalue weighted by molar-refractivity contribution is 5.14. The number of nitrogens with zero attached hydrogens (tertiary/aromatic N) is 2. The molecule has 1 saturated heterocycles. The Kier molecular flexibility index (Phi) is 4.16. The molecule has 2 atom stereocenters. The molecule has 1 N–H and O–H groups in total. The first-order valence-corrected chi connectivity index (χ1v) is 7.51. The van der Waals surface area contributed by atoms with Crippen molar-refractivity contribution in [2.24, 2.45) is 0 Å². The summed E-state index contributed by atoms with van der Waals surface area (Å²) in [5.74, 6) is 0. The lowest BCUT2D eigenvalue weighted by atomic mass is 10.1. The van der Waals surface area contributed by atoms with E-state index >= 15 is 0 Å². The van der Waals surface area contributed by atoms with Crippen LogP contribution in [0.25, 0.3) is 0 Å². The zero-order chi connectivity index (χ0) is 13.1. The molecule has 1 heterocycles. The van der Waals surface area contributed by atoms with E-state index < -0.39 is 0 Å². The van der Waals surface area contributed by atoms with E-state index in [4.69, 9.17) is 0 Å². The van der Waals surface area contributed by atoms with E-state index in [1.807, 2.05) is 0 Å². The normalized spacial score (nSPS) is 29.7. The minimum Gasteiger partial charge on any atom is -0.391 e. The van der Waals surface area contributed by atoms with E-state index in [0.29, 0.717) is 6.04 Å². The maximum atomic E-state index is 9.99.